The van der Waals surface area contributed by atoms with E-state index in [4.69, 9.17) is 11.6 Å². The Kier molecular flexibility index (Phi) is 4.59. The average molecular weight is 362 g/mol. The first-order valence-corrected chi connectivity index (χ1v) is 9.10. The zero-order valence-electron chi connectivity index (χ0n) is 13.0. The minimum Gasteiger partial charge on any atom is -0.324 e. The lowest BCUT2D eigenvalue weighted by Crippen LogP contribution is -2.31. The van der Waals surface area contributed by atoms with Gasteiger partial charge in [0.1, 0.15) is 5.15 Å². The highest BCUT2D eigenvalue weighted by molar-refractivity contribution is 7.92. The van der Waals surface area contributed by atoms with Gasteiger partial charge in [0.2, 0.25) is 5.03 Å². The lowest BCUT2D eigenvalue weighted by Gasteiger charge is -2.23. The second-order valence-electron chi connectivity index (χ2n) is 5.28. The quantitative estimate of drug-likeness (QED) is 0.699. The molecule has 1 heterocycles. The van der Waals surface area contributed by atoms with Crippen molar-refractivity contribution in [3.05, 3.63) is 77.7 Å². The average Bonchev–Trinajstić information content (AvgIpc) is 2.94. The summed E-state index contributed by atoms with van der Waals surface area (Å²) in [6, 6.07) is 18.3. The number of benzene rings is 2. The highest BCUT2D eigenvalue weighted by Gasteiger charge is 2.30. The fraction of sp³-hybridized carbons (Fsp3) is 0.118. The van der Waals surface area contributed by atoms with Crippen LogP contribution in [0.2, 0.25) is 5.15 Å². The minimum absolute atomic E-state index is 0.0870. The summed E-state index contributed by atoms with van der Waals surface area (Å²) < 4.78 is 29.1. The third kappa shape index (κ3) is 3.16. The van der Waals surface area contributed by atoms with E-state index in [9.17, 15) is 8.42 Å². The summed E-state index contributed by atoms with van der Waals surface area (Å²) >= 11 is 6.12. The van der Waals surface area contributed by atoms with Crippen LogP contribution >= 0.6 is 11.6 Å². The molecular weight excluding hydrogens is 346 g/mol. The van der Waals surface area contributed by atoms with Gasteiger partial charge >= 0.3 is 0 Å². The topological polar surface area (TPSA) is 55.2 Å². The van der Waals surface area contributed by atoms with Crippen LogP contribution in [0, 0.1) is 0 Å². The van der Waals surface area contributed by atoms with E-state index in [0.717, 1.165) is 5.56 Å². The fourth-order valence-electron chi connectivity index (χ4n) is 2.33. The number of rotatable bonds is 5. The zero-order valence-corrected chi connectivity index (χ0v) is 14.6. The molecule has 0 radical (unpaired) electrons. The molecule has 0 saturated carbocycles. The molecule has 0 aliphatic carbocycles. The van der Waals surface area contributed by atoms with Gasteiger partial charge in [-0.15, -0.1) is 0 Å². The Morgan fingerprint density at radius 1 is 1.04 bits per heavy atom. The van der Waals surface area contributed by atoms with Gasteiger partial charge in [-0.25, -0.2) is 4.98 Å². The van der Waals surface area contributed by atoms with Gasteiger partial charge < -0.3 is 4.57 Å². The SMILES string of the molecule is Cn1cnc(S(=O)(=O)N(Cc2ccccc2)c2ccccc2)c1Cl. The summed E-state index contributed by atoms with van der Waals surface area (Å²) in [4.78, 5) is 3.98. The summed E-state index contributed by atoms with van der Waals surface area (Å²) in [6.45, 7) is 0.195. The summed E-state index contributed by atoms with van der Waals surface area (Å²) in [5.41, 5.74) is 1.43. The highest BCUT2D eigenvalue weighted by atomic mass is 35.5. The van der Waals surface area contributed by atoms with Gasteiger partial charge in [-0.2, -0.15) is 8.42 Å². The molecule has 3 rings (SSSR count). The number of nitrogens with zero attached hydrogens (tertiary/aromatic N) is 3. The Labute approximate surface area is 146 Å². The van der Waals surface area contributed by atoms with Gasteiger partial charge in [0.05, 0.1) is 18.6 Å². The third-order valence-electron chi connectivity index (χ3n) is 3.58. The van der Waals surface area contributed by atoms with Crippen LogP contribution in [0.5, 0.6) is 0 Å². The molecule has 5 nitrogen and oxygen atoms in total. The number of imidazole rings is 1. The first kappa shape index (κ1) is 16.5. The van der Waals surface area contributed by atoms with Gasteiger partial charge in [-0.3, -0.25) is 4.31 Å². The first-order valence-electron chi connectivity index (χ1n) is 7.28. The van der Waals surface area contributed by atoms with Crippen molar-refractivity contribution < 1.29 is 8.42 Å². The van der Waals surface area contributed by atoms with Crippen molar-refractivity contribution in [2.24, 2.45) is 7.05 Å². The van der Waals surface area contributed by atoms with E-state index in [1.54, 1.807) is 31.3 Å². The molecule has 0 fully saturated rings. The van der Waals surface area contributed by atoms with E-state index in [-0.39, 0.29) is 16.7 Å². The molecule has 0 N–H and O–H groups in total. The molecule has 0 unspecified atom stereocenters. The summed E-state index contributed by atoms with van der Waals surface area (Å²) in [7, 11) is -2.24. The van der Waals surface area contributed by atoms with Crippen molar-refractivity contribution in [2.75, 3.05) is 4.31 Å². The van der Waals surface area contributed by atoms with Gasteiger partial charge in [0, 0.05) is 7.05 Å². The number of halogens is 1. The number of hydrogen-bond acceptors (Lipinski definition) is 3. The number of anilines is 1. The summed E-state index contributed by atoms with van der Waals surface area (Å²) in [6.07, 6.45) is 1.39. The predicted octanol–water partition coefficient (Wildman–Crippen LogP) is 3.47. The number of aryl methyl sites for hydroxylation is 1. The van der Waals surface area contributed by atoms with Gasteiger partial charge in [0.25, 0.3) is 10.0 Å². The number of aromatic nitrogens is 2. The third-order valence-corrected chi connectivity index (χ3v) is 5.85. The van der Waals surface area contributed by atoms with E-state index in [0.29, 0.717) is 5.69 Å². The van der Waals surface area contributed by atoms with E-state index >= 15 is 0 Å². The maximum absolute atomic E-state index is 13.1. The fourth-order valence-corrected chi connectivity index (χ4v) is 4.18. The van der Waals surface area contributed by atoms with Crippen LogP contribution in [-0.4, -0.2) is 18.0 Å². The van der Waals surface area contributed by atoms with Crippen molar-refractivity contribution in [1.82, 2.24) is 9.55 Å². The molecule has 24 heavy (non-hydrogen) atoms. The molecule has 7 heteroatoms. The van der Waals surface area contributed by atoms with Crippen molar-refractivity contribution in [1.29, 1.82) is 0 Å². The van der Waals surface area contributed by atoms with Crippen LogP contribution in [0.15, 0.2) is 72.0 Å². The molecule has 0 saturated heterocycles. The van der Waals surface area contributed by atoms with Gasteiger partial charge in [-0.05, 0) is 17.7 Å². The van der Waals surface area contributed by atoms with Crippen LogP contribution in [0.1, 0.15) is 5.56 Å². The van der Waals surface area contributed by atoms with Crippen molar-refractivity contribution in [3.8, 4) is 0 Å². The number of hydrogen-bond donors (Lipinski definition) is 0. The monoisotopic (exact) mass is 361 g/mol. The Hall–Kier alpha value is -2.31. The van der Waals surface area contributed by atoms with Crippen LogP contribution < -0.4 is 4.31 Å². The molecule has 0 aliphatic heterocycles. The molecular formula is C17H16ClN3O2S. The second kappa shape index (κ2) is 6.67. The summed E-state index contributed by atoms with van der Waals surface area (Å²) in [5, 5.41) is -0.0598. The van der Waals surface area contributed by atoms with Crippen molar-refractivity contribution in [3.63, 3.8) is 0 Å². The molecule has 0 bridgehead atoms. The normalized spacial score (nSPS) is 11.4. The van der Waals surface area contributed by atoms with Crippen LogP contribution in [0.3, 0.4) is 0 Å². The zero-order chi connectivity index (χ0) is 17.2. The Morgan fingerprint density at radius 2 is 1.62 bits per heavy atom. The molecule has 0 amide bonds. The van der Waals surface area contributed by atoms with Crippen molar-refractivity contribution in [2.45, 2.75) is 11.6 Å². The Balaban J connectivity index is 2.09. The van der Waals surface area contributed by atoms with Crippen LogP contribution in [0.25, 0.3) is 0 Å². The van der Waals surface area contributed by atoms with E-state index in [1.165, 1.54) is 15.2 Å². The Morgan fingerprint density at radius 3 is 2.17 bits per heavy atom. The molecule has 1 aromatic heterocycles. The standard InChI is InChI=1S/C17H16ClN3O2S/c1-20-13-19-17(16(20)18)24(22,23)21(15-10-6-3-7-11-15)12-14-8-4-2-5-9-14/h2-11,13H,12H2,1H3. The number of para-hydroxylation sites is 1. The molecule has 2 aromatic carbocycles. The highest BCUT2D eigenvalue weighted by Crippen LogP contribution is 2.28. The lowest BCUT2D eigenvalue weighted by molar-refractivity contribution is 0.587. The van der Waals surface area contributed by atoms with Gasteiger partial charge in [-0.1, -0.05) is 60.1 Å². The van der Waals surface area contributed by atoms with Gasteiger partial charge in [0.15, 0.2) is 0 Å². The molecule has 0 atom stereocenters. The molecule has 3 aromatic rings. The van der Waals surface area contributed by atoms with Crippen molar-refractivity contribution >= 4 is 27.3 Å². The summed E-state index contributed by atoms with van der Waals surface area (Å²) in [5.74, 6) is 0. The predicted molar refractivity (Wildman–Crippen MR) is 94.5 cm³/mol. The second-order valence-corrected chi connectivity index (χ2v) is 7.42. The maximum atomic E-state index is 13.1. The smallest absolute Gasteiger partial charge is 0.285 e. The molecule has 124 valence electrons. The van der Waals surface area contributed by atoms with E-state index in [1.807, 2.05) is 36.4 Å². The lowest BCUT2D eigenvalue weighted by atomic mass is 10.2. The molecule has 0 aliphatic rings. The Bertz CT molecular complexity index is 925. The van der Waals surface area contributed by atoms with E-state index in [2.05, 4.69) is 4.98 Å². The minimum atomic E-state index is -3.89. The maximum Gasteiger partial charge on any atom is 0.285 e. The molecule has 0 spiro atoms. The van der Waals surface area contributed by atoms with Crippen LogP contribution in [-0.2, 0) is 23.6 Å². The largest absolute Gasteiger partial charge is 0.324 e. The van der Waals surface area contributed by atoms with Crippen LogP contribution in [0.4, 0.5) is 5.69 Å². The number of sulfonamides is 1. The first-order chi connectivity index (χ1) is 11.5. The van der Waals surface area contributed by atoms with E-state index < -0.39 is 10.0 Å².